The first-order valence-corrected chi connectivity index (χ1v) is 10.6. The van der Waals surface area contributed by atoms with Crippen molar-refractivity contribution in [3.05, 3.63) is 64.7 Å². The third-order valence-corrected chi connectivity index (χ3v) is 5.76. The fourth-order valence-electron chi connectivity index (χ4n) is 4.14. The molecule has 0 atom stereocenters. The molecule has 3 amide bonds. The molecule has 30 heavy (non-hydrogen) atoms. The van der Waals surface area contributed by atoms with E-state index in [4.69, 9.17) is 0 Å². The highest BCUT2D eigenvalue weighted by Gasteiger charge is 2.37. The first-order chi connectivity index (χ1) is 14.4. The highest BCUT2D eigenvalue weighted by atomic mass is 16.2. The highest BCUT2D eigenvalue weighted by Crippen LogP contribution is 2.26. The molecule has 2 aromatic carbocycles. The molecular weight excluding hydrogens is 378 g/mol. The first kappa shape index (κ1) is 20.3. The van der Waals surface area contributed by atoms with Gasteiger partial charge in [-0.2, -0.15) is 0 Å². The molecule has 6 nitrogen and oxygen atoms in total. The monoisotopic (exact) mass is 405 g/mol. The largest absolute Gasteiger partial charge is 0.322 e. The van der Waals surface area contributed by atoms with Crippen LogP contribution in [0.2, 0.25) is 0 Å². The smallest absolute Gasteiger partial charge is 0.261 e. The van der Waals surface area contributed by atoms with Crippen LogP contribution in [0.25, 0.3) is 0 Å². The Balaban J connectivity index is 1.43. The number of anilines is 1. The number of carbonyl (C=O) groups is 3. The number of imide groups is 1. The molecule has 156 valence electrons. The molecule has 0 bridgehead atoms. The van der Waals surface area contributed by atoms with Gasteiger partial charge in [-0.05, 0) is 75.7 Å². The zero-order valence-electron chi connectivity index (χ0n) is 17.5. The predicted octanol–water partition coefficient (Wildman–Crippen LogP) is 3.93. The van der Waals surface area contributed by atoms with Crippen LogP contribution in [0.15, 0.2) is 42.5 Å². The molecule has 0 aromatic heterocycles. The number of hydrogen-bond donors (Lipinski definition) is 1. The minimum atomic E-state index is -0.346. The summed E-state index contributed by atoms with van der Waals surface area (Å²) in [6, 6.07) is 12.3. The molecule has 0 radical (unpaired) electrons. The molecule has 2 aliphatic rings. The lowest BCUT2D eigenvalue weighted by atomic mass is 10.1. The van der Waals surface area contributed by atoms with Crippen molar-refractivity contribution in [1.29, 1.82) is 0 Å². The maximum Gasteiger partial charge on any atom is 0.261 e. The molecule has 4 rings (SSSR count). The van der Waals surface area contributed by atoms with Gasteiger partial charge in [-0.25, -0.2) is 0 Å². The molecule has 1 fully saturated rings. The van der Waals surface area contributed by atoms with Crippen LogP contribution in [0, 0.1) is 0 Å². The van der Waals surface area contributed by atoms with Gasteiger partial charge in [0.25, 0.3) is 17.7 Å². The number of rotatable bonds is 5. The summed E-state index contributed by atoms with van der Waals surface area (Å²) in [6.45, 7) is 6.81. The Labute approximate surface area is 176 Å². The number of amides is 3. The minimum Gasteiger partial charge on any atom is -0.322 e. The summed E-state index contributed by atoms with van der Waals surface area (Å²) in [7, 11) is 0. The van der Waals surface area contributed by atoms with Crippen LogP contribution in [-0.4, -0.2) is 46.7 Å². The van der Waals surface area contributed by atoms with Gasteiger partial charge >= 0.3 is 0 Å². The van der Waals surface area contributed by atoms with Gasteiger partial charge in [-0.15, -0.1) is 0 Å². The lowest BCUT2D eigenvalue weighted by Gasteiger charge is -2.26. The van der Waals surface area contributed by atoms with Gasteiger partial charge in [0, 0.05) is 23.8 Å². The van der Waals surface area contributed by atoms with Crippen molar-refractivity contribution in [2.75, 3.05) is 18.4 Å². The second kappa shape index (κ2) is 8.40. The predicted molar refractivity (Wildman–Crippen MR) is 116 cm³/mol. The van der Waals surface area contributed by atoms with Gasteiger partial charge in [-0.1, -0.05) is 18.6 Å². The van der Waals surface area contributed by atoms with Crippen molar-refractivity contribution < 1.29 is 14.4 Å². The van der Waals surface area contributed by atoms with E-state index in [0.29, 0.717) is 22.4 Å². The molecule has 1 N–H and O–H groups in total. The van der Waals surface area contributed by atoms with Crippen LogP contribution < -0.4 is 5.32 Å². The summed E-state index contributed by atoms with van der Waals surface area (Å²) in [5, 5.41) is 2.88. The molecule has 0 saturated carbocycles. The van der Waals surface area contributed by atoms with Crippen molar-refractivity contribution in [1.82, 2.24) is 9.80 Å². The van der Waals surface area contributed by atoms with Crippen molar-refractivity contribution >= 4 is 23.4 Å². The van der Waals surface area contributed by atoms with E-state index in [1.807, 2.05) is 24.3 Å². The molecule has 2 aliphatic heterocycles. The number of hydrogen-bond acceptors (Lipinski definition) is 4. The standard InChI is InChI=1S/C24H27N3O3/c1-16(2)27-23(29)20-11-8-18(14-21(20)24(27)30)22(28)25-19-9-6-17(7-10-19)15-26-12-4-3-5-13-26/h6-11,14,16H,3-5,12-13,15H2,1-2H3,(H,25,28). The molecule has 6 heteroatoms. The quantitative estimate of drug-likeness (QED) is 0.766. The second-order valence-corrected chi connectivity index (χ2v) is 8.32. The fourth-order valence-corrected chi connectivity index (χ4v) is 4.14. The lowest BCUT2D eigenvalue weighted by Crippen LogP contribution is -2.35. The summed E-state index contributed by atoms with van der Waals surface area (Å²) in [6.07, 6.45) is 3.84. The third-order valence-electron chi connectivity index (χ3n) is 5.76. The Bertz CT molecular complexity index is 976. The average molecular weight is 405 g/mol. The van der Waals surface area contributed by atoms with Gasteiger partial charge in [-0.3, -0.25) is 24.2 Å². The van der Waals surface area contributed by atoms with Crippen LogP contribution in [0.1, 0.15) is 69.7 Å². The summed E-state index contributed by atoms with van der Waals surface area (Å²) >= 11 is 0. The molecule has 0 aliphatic carbocycles. The van der Waals surface area contributed by atoms with E-state index in [1.165, 1.54) is 35.8 Å². The van der Waals surface area contributed by atoms with Crippen LogP contribution in [0.3, 0.4) is 0 Å². The summed E-state index contributed by atoms with van der Waals surface area (Å²) in [5.41, 5.74) is 2.93. The number of carbonyl (C=O) groups excluding carboxylic acids is 3. The normalized spacial score (nSPS) is 16.8. The maximum atomic E-state index is 12.7. The average Bonchev–Trinajstić information content (AvgIpc) is 3.00. The molecule has 0 unspecified atom stereocenters. The highest BCUT2D eigenvalue weighted by molar-refractivity contribution is 6.22. The number of piperidine rings is 1. The number of likely N-dealkylation sites (tertiary alicyclic amines) is 1. The van der Waals surface area contributed by atoms with Crippen LogP contribution in [-0.2, 0) is 6.54 Å². The zero-order chi connectivity index (χ0) is 21.3. The van der Waals surface area contributed by atoms with Gasteiger partial charge in [0.1, 0.15) is 0 Å². The Morgan fingerprint density at radius 3 is 2.27 bits per heavy atom. The van der Waals surface area contributed by atoms with Crippen molar-refractivity contribution in [2.24, 2.45) is 0 Å². The van der Waals surface area contributed by atoms with E-state index in [-0.39, 0.29) is 23.8 Å². The molecule has 2 heterocycles. The Kier molecular flexibility index (Phi) is 5.68. The first-order valence-electron chi connectivity index (χ1n) is 10.6. The van der Waals surface area contributed by atoms with E-state index in [9.17, 15) is 14.4 Å². The zero-order valence-corrected chi connectivity index (χ0v) is 17.5. The number of benzene rings is 2. The molecule has 2 aromatic rings. The Morgan fingerprint density at radius 1 is 0.933 bits per heavy atom. The summed E-state index contributed by atoms with van der Waals surface area (Å²) in [4.78, 5) is 41.3. The summed E-state index contributed by atoms with van der Waals surface area (Å²) < 4.78 is 0. The van der Waals surface area contributed by atoms with E-state index in [2.05, 4.69) is 10.2 Å². The fraction of sp³-hybridized carbons (Fsp3) is 0.375. The minimum absolute atomic E-state index is 0.224. The van der Waals surface area contributed by atoms with Gasteiger partial charge in [0.15, 0.2) is 0 Å². The Morgan fingerprint density at radius 2 is 1.60 bits per heavy atom. The van der Waals surface area contributed by atoms with Crippen molar-refractivity contribution in [3.8, 4) is 0 Å². The SMILES string of the molecule is CC(C)N1C(=O)c2ccc(C(=O)Nc3ccc(CN4CCCCC4)cc3)cc2C1=O. The molecular formula is C24H27N3O3. The number of nitrogens with one attached hydrogen (secondary N) is 1. The van der Waals surface area contributed by atoms with E-state index in [1.54, 1.807) is 26.0 Å². The van der Waals surface area contributed by atoms with Crippen LogP contribution >= 0.6 is 0 Å². The molecule has 0 spiro atoms. The topological polar surface area (TPSA) is 69.7 Å². The van der Waals surface area contributed by atoms with Gasteiger partial charge in [0.2, 0.25) is 0 Å². The van der Waals surface area contributed by atoms with E-state index in [0.717, 1.165) is 19.6 Å². The van der Waals surface area contributed by atoms with E-state index >= 15 is 0 Å². The van der Waals surface area contributed by atoms with Crippen molar-refractivity contribution in [2.45, 2.75) is 45.7 Å². The van der Waals surface area contributed by atoms with Gasteiger partial charge < -0.3 is 5.32 Å². The van der Waals surface area contributed by atoms with E-state index < -0.39 is 0 Å². The maximum absolute atomic E-state index is 12.7. The number of nitrogens with zero attached hydrogens (tertiary/aromatic N) is 2. The van der Waals surface area contributed by atoms with Gasteiger partial charge in [0.05, 0.1) is 11.1 Å². The third kappa shape index (κ3) is 4.00. The Hall–Kier alpha value is -2.99. The number of fused-ring (bicyclic) bond motifs is 1. The van der Waals surface area contributed by atoms with Crippen molar-refractivity contribution in [3.63, 3.8) is 0 Å². The summed E-state index contributed by atoms with van der Waals surface area (Å²) in [5.74, 6) is -0.951. The molecule has 1 saturated heterocycles. The lowest BCUT2D eigenvalue weighted by molar-refractivity contribution is 0.0609. The van der Waals surface area contributed by atoms with Crippen LogP contribution in [0.4, 0.5) is 5.69 Å². The van der Waals surface area contributed by atoms with Crippen LogP contribution in [0.5, 0.6) is 0 Å². The second-order valence-electron chi connectivity index (χ2n) is 8.32.